The Morgan fingerprint density at radius 1 is 1.17 bits per heavy atom. The van der Waals surface area contributed by atoms with Gasteiger partial charge in [0.15, 0.2) is 0 Å². The Labute approximate surface area is 142 Å². The van der Waals surface area contributed by atoms with Crippen molar-refractivity contribution in [1.82, 2.24) is 14.9 Å². The summed E-state index contributed by atoms with van der Waals surface area (Å²) in [6, 6.07) is 16.5. The van der Waals surface area contributed by atoms with Gasteiger partial charge in [0.05, 0.1) is 6.21 Å². The third-order valence-corrected chi connectivity index (χ3v) is 4.31. The maximum Gasteiger partial charge on any atom is 0.217 e. The van der Waals surface area contributed by atoms with E-state index in [1.54, 1.807) is 18.2 Å². The first-order valence-electron chi connectivity index (χ1n) is 6.87. The number of hydrogen-bond acceptors (Lipinski definition) is 4. The van der Waals surface area contributed by atoms with Gasteiger partial charge in [0.1, 0.15) is 5.82 Å². The topological polar surface area (TPSA) is 46.0 Å². The van der Waals surface area contributed by atoms with Crippen LogP contribution in [0.3, 0.4) is 0 Å². The van der Waals surface area contributed by atoms with Gasteiger partial charge in [-0.05, 0) is 23.8 Å². The van der Waals surface area contributed by atoms with Gasteiger partial charge in [-0.25, -0.2) is 9.49 Å². The second-order valence-corrected chi connectivity index (χ2v) is 5.99. The fourth-order valence-corrected chi connectivity index (χ4v) is 2.99. The van der Waals surface area contributed by atoms with Crippen LogP contribution in [-0.4, -0.2) is 21.1 Å². The number of nitrogens with one attached hydrogen (secondary N) is 1. The van der Waals surface area contributed by atoms with Gasteiger partial charge in [-0.3, -0.25) is 0 Å². The molecule has 4 nitrogen and oxygen atoms in total. The molecule has 0 fully saturated rings. The van der Waals surface area contributed by atoms with Crippen LogP contribution in [0.1, 0.15) is 11.1 Å². The highest BCUT2D eigenvalue weighted by Gasteiger charge is 2.06. The molecule has 0 atom stereocenters. The summed E-state index contributed by atoms with van der Waals surface area (Å²) in [7, 11) is 0. The van der Waals surface area contributed by atoms with Gasteiger partial charge in [0.2, 0.25) is 9.93 Å². The first-order chi connectivity index (χ1) is 11.2. The zero-order valence-electron chi connectivity index (χ0n) is 12.0. The molecule has 0 amide bonds. The van der Waals surface area contributed by atoms with Gasteiger partial charge in [0, 0.05) is 11.3 Å². The molecule has 0 saturated carbocycles. The van der Waals surface area contributed by atoms with E-state index < -0.39 is 0 Å². The smallest absolute Gasteiger partial charge is 0.217 e. The number of aromatic amines is 1. The van der Waals surface area contributed by atoms with E-state index in [2.05, 4.69) is 15.3 Å². The molecule has 3 rings (SSSR count). The van der Waals surface area contributed by atoms with Gasteiger partial charge in [0.25, 0.3) is 0 Å². The number of nitrogens with zero attached hydrogens (tertiary/aromatic N) is 3. The Balaban J connectivity index is 1.79. The van der Waals surface area contributed by atoms with Crippen LogP contribution >= 0.6 is 24.0 Å². The number of H-pyrrole nitrogens is 1. The van der Waals surface area contributed by atoms with Crippen LogP contribution in [0.4, 0.5) is 4.39 Å². The highest BCUT2D eigenvalue weighted by atomic mass is 32.2. The fourth-order valence-electron chi connectivity index (χ4n) is 1.89. The zero-order valence-corrected chi connectivity index (χ0v) is 13.6. The molecule has 0 saturated heterocycles. The minimum atomic E-state index is -0.329. The third kappa shape index (κ3) is 3.94. The van der Waals surface area contributed by atoms with Crippen molar-refractivity contribution in [2.24, 2.45) is 5.10 Å². The summed E-state index contributed by atoms with van der Waals surface area (Å²) >= 11 is 6.68. The Kier molecular flexibility index (Phi) is 4.99. The van der Waals surface area contributed by atoms with E-state index in [4.69, 9.17) is 12.2 Å². The lowest BCUT2D eigenvalue weighted by atomic mass is 10.2. The fraction of sp³-hybridized carbons (Fsp3) is 0.0625. The highest BCUT2D eigenvalue weighted by Crippen LogP contribution is 2.20. The second kappa shape index (κ2) is 7.34. The van der Waals surface area contributed by atoms with E-state index in [1.807, 2.05) is 30.3 Å². The van der Waals surface area contributed by atoms with Gasteiger partial charge < -0.3 is 0 Å². The highest BCUT2D eigenvalue weighted by molar-refractivity contribution is 7.98. The van der Waals surface area contributed by atoms with Gasteiger partial charge in [-0.2, -0.15) is 9.78 Å². The van der Waals surface area contributed by atoms with Crippen LogP contribution in [-0.2, 0) is 5.75 Å². The van der Waals surface area contributed by atoms with Gasteiger partial charge >= 0.3 is 0 Å². The predicted octanol–water partition coefficient (Wildman–Crippen LogP) is 4.25. The van der Waals surface area contributed by atoms with Crippen molar-refractivity contribution < 1.29 is 4.39 Å². The monoisotopic (exact) mass is 344 g/mol. The van der Waals surface area contributed by atoms with E-state index in [0.717, 1.165) is 5.75 Å². The summed E-state index contributed by atoms with van der Waals surface area (Å²) in [5.41, 5.74) is 1.57. The summed E-state index contributed by atoms with van der Waals surface area (Å²) in [5, 5.41) is 11.8. The molecule has 116 valence electrons. The molecule has 0 unspecified atom stereocenters. The SMILES string of the molecule is Fc1ccccc1/C=N\n1c(SCc2ccccc2)n[nH]c1=S. The lowest BCUT2D eigenvalue weighted by molar-refractivity contribution is 0.625. The Morgan fingerprint density at radius 3 is 2.70 bits per heavy atom. The van der Waals surface area contributed by atoms with Crippen molar-refractivity contribution >= 4 is 30.2 Å². The minimum Gasteiger partial charge on any atom is -0.249 e. The molecule has 23 heavy (non-hydrogen) atoms. The summed E-state index contributed by atoms with van der Waals surface area (Å²) in [6.07, 6.45) is 1.44. The average Bonchev–Trinajstić information content (AvgIpc) is 2.93. The van der Waals surface area contributed by atoms with Crippen LogP contribution in [0.15, 0.2) is 64.9 Å². The van der Waals surface area contributed by atoms with Gasteiger partial charge in [-0.1, -0.05) is 60.3 Å². The molecule has 1 heterocycles. The van der Waals surface area contributed by atoms with Crippen LogP contribution in [0, 0.1) is 10.6 Å². The number of rotatable bonds is 5. The van der Waals surface area contributed by atoms with E-state index in [0.29, 0.717) is 15.5 Å². The molecule has 1 N–H and O–H groups in total. The van der Waals surface area contributed by atoms with Crippen molar-refractivity contribution in [3.05, 3.63) is 76.3 Å². The molecule has 3 aromatic rings. The summed E-state index contributed by atoms with van der Waals surface area (Å²) in [4.78, 5) is 0. The minimum absolute atomic E-state index is 0.329. The Morgan fingerprint density at radius 2 is 1.91 bits per heavy atom. The van der Waals surface area contributed by atoms with E-state index in [-0.39, 0.29) is 5.82 Å². The quantitative estimate of drug-likeness (QED) is 0.427. The summed E-state index contributed by atoms with van der Waals surface area (Å²) < 4.78 is 15.5. The maximum atomic E-state index is 13.6. The predicted molar refractivity (Wildman–Crippen MR) is 92.8 cm³/mol. The van der Waals surface area contributed by atoms with Crippen molar-refractivity contribution in [1.29, 1.82) is 0 Å². The summed E-state index contributed by atoms with van der Waals surface area (Å²) in [5.74, 6) is 0.417. The number of benzene rings is 2. The lowest BCUT2D eigenvalue weighted by Gasteiger charge is -2.01. The lowest BCUT2D eigenvalue weighted by Crippen LogP contribution is -1.95. The number of halogens is 1. The molecule has 0 aliphatic rings. The molecule has 0 aliphatic carbocycles. The molecule has 0 aliphatic heterocycles. The van der Waals surface area contributed by atoms with Crippen molar-refractivity contribution in [3.63, 3.8) is 0 Å². The second-order valence-electron chi connectivity index (χ2n) is 4.66. The number of hydrogen-bond donors (Lipinski definition) is 1. The van der Waals surface area contributed by atoms with Crippen molar-refractivity contribution in [2.75, 3.05) is 0 Å². The van der Waals surface area contributed by atoms with E-state index in [9.17, 15) is 4.39 Å². The normalized spacial score (nSPS) is 11.2. The van der Waals surface area contributed by atoms with Gasteiger partial charge in [-0.15, -0.1) is 5.10 Å². The van der Waals surface area contributed by atoms with Crippen LogP contribution in [0.5, 0.6) is 0 Å². The first-order valence-corrected chi connectivity index (χ1v) is 8.26. The largest absolute Gasteiger partial charge is 0.249 e. The number of aromatic nitrogens is 3. The van der Waals surface area contributed by atoms with E-state index >= 15 is 0 Å². The molecule has 0 spiro atoms. The zero-order chi connectivity index (χ0) is 16.1. The van der Waals surface area contributed by atoms with Crippen LogP contribution in [0.2, 0.25) is 0 Å². The number of thioether (sulfide) groups is 1. The third-order valence-electron chi connectivity index (χ3n) is 3.05. The molecule has 2 aromatic carbocycles. The van der Waals surface area contributed by atoms with Crippen LogP contribution in [0.25, 0.3) is 0 Å². The molecule has 1 aromatic heterocycles. The first kappa shape index (κ1) is 15.6. The van der Waals surface area contributed by atoms with Crippen LogP contribution < -0.4 is 0 Å². The van der Waals surface area contributed by atoms with Crippen molar-refractivity contribution in [3.8, 4) is 0 Å². The molecule has 7 heteroatoms. The maximum absolute atomic E-state index is 13.6. The molecule has 0 bridgehead atoms. The average molecular weight is 344 g/mol. The molecular formula is C16H13FN4S2. The molecule has 0 radical (unpaired) electrons. The summed E-state index contributed by atoms with van der Waals surface area (Å²) in [6.45, 7) is 0. The standard InChI is InChI=1S/C16H13FN4S2/c17-14-9-5-4-8-13(14)10-18-21-15(22)19-20-16(21)23-11-12-6-2-1-3-7-12/h1-10H,11H2,(H,19,22)/b18-10-. The Hall–Kier alpha value is -2.25. The molecular weight excluding hydrogens is 331 g/mol. The van der Waals surface area contributed by atoms with Crippen molar-refractivity contribution in [2.45, 2.75) is 10.9 Å². The Bertz CT molecular complexity index is 871. The van der Waals surface area contributed by atoms with E-state index in [1.165, 1.54) is 34.3 Å².